The van der Waals surface area contributed by atoms with E-state index in [1.165, 1.54) is 17.3 Å². The summed E-state index contributed by atoms with van der Waals surface area (Å²) < 4.78 is 0. The van der Waals surface area contributed by atoms with Crippen molar-refractivity contribution in [1.82, 2.24) is 0 Å². The number of carbonyl (C=O) groups is 2. The molecule has 1 aliphatic heterocycles. The molecule has 1 aliphatic rings. The van der Waals surface area contributed by atoms with Gasteiger partial charge in [0.05, 0.1) is 15.7 Å². The first kappa shape index (κ1) is 23.4. The quantitative estimate of drug-likeness (QED) is 0.360. The molecule has 4 rings (SSSR count). The topological polar surface area (TPSA) is 49.4 Å². The maximum absolute atomic E-state index is 13.5. The Bertz CT molecular complexity index is 1250. The summed E-state index contributed by atoms with van der Waals surface area (Å²) in [6.45, 7) is 6.23. The van der Waals surface area contributed by atoms with Crippen LogP contribution < -0.4 is 10.2 Å². The van der Waals surface area contributed by atoms with Gasteiger partial charge in [-0.3, -0.25) is 9.59 Å². The standard InChI is InChI=1S/C26H22Cl2N2O2S/c1-15(2)17-9-11-18(12-10-17)29-23-24(33-19-13-7-16(3)8-14-19)26(32)30(25(23)31)21-6-4-5-20(27)22(21)28/h4-15,29H,1-3H3. The van der Waals surface area contributed by atoms with Crippen LogP contribution in [0.15, 0.2) is 82.2 Å². The van der Waals surface area contributed by atoms with E-state index in [9.17, 15) is 9.59 Å². The number of benzene rings is 3. The number of carbonyl (C=O) groups excluding carboxylic acids is 2. The van der Waals surface area contributed by atoms with E-state index in [0.717, 1.165) is 21.0 Å². The number of anilines is 2. The van der Waals surface area contributed by atoms with Crippen molar-refractivity contribution in [3.63, 3.8) is 0 Å². The van der Waals surface area contributed by atoms with E-state index < -0.39 is 11.8 Å². The number of nitrogens with zero attached hydrogens (tertiary/aromatic N) is 1. The molecule has 0 atom stereocenters. The summed E-state index contributed by atoms with van der Waals surface area (Å²) in [5, 5.41) is 3.60. The van der Waals surface area contributed by atoms with Crippen molar-refractivity contribution < 1.29 is 9.59 Å². The monoisotopic (exact) mass is 496 g/mol. The highest BCUT2D eigenvalue weighted by molar-refractivity contribution is 8.04. The Morgan fingerprint density at radius 1 is 0.879 bits per heavy atom. The van der Waals surface area contributed by atoms with E-state index in [1.54, 1.807) is 18.2 Å². The van der Waals surface area contributed by atoms with E-state index in [2.05, 4.69) is 19.2 Å². The lowest BCUT2D eigenvalue weighted by Gasteiger charge is -2.17. The molecule has 7 heteroatoms. The summed E-state index contributed by atoms with van der Waals surface area (Å²) in [6, 6.07) is 20.5. The number of thioether (sulfide) groups is 1. The molecular formula is C26H22Cl2N2O2S. The van der Waals surface area contributed by atoms with E-state index in [0.29, 0.717) is 10.8 Å². The molecule has 0 saturated heterocycles. The predicted molar refractivity (Wildman–Crippen MR) is 137 cm³/mol. The van der Waals surface area contributed by atoms with Crippen LogP contribution in [0.25, 0.3) is 0 Å². The molecule has 3 aromatic rings. The fraction of sp³-hybridized carbons (Fsp3) is 0.154. The number of aryl methyl sites for hydroxylation is 1. The predicted octanol–water partition coefficient (Wildman–Crippen LogP) is 7.41. The van der Waals surface area contributed by atoms with Crippen LogP contribution in [-0.4, -0.2) is 11.8 Å². The molecule has 0 bridgehead atoms. The maximum Gasteiger partial charge on any atom is 0.283 e. The Morgan fingerprint density at radius 2 is 1.55 bits per heavy atom. The number of rotatable bonds is 6. The molecule has 0 spiro atoms. The number of halogens is 2. The van der Waals surface area contributed by atoms with Gasteiger partial charge in [-0.1, -0.05) is 84.7 Å². The van der Waals surface area contributed by atoms with E-state index in [-0.39, 0.29) is 21.4 Å². The molecule has 1 heterocycles. The summed E-state index contributed by atoms with van der Waals surface area (Å²) >= 11 is 13.8. The van der Waals surface area contributed by atoms with E-state index in [1.807, 2.05) is 55.5 Å². The fourth-order valence-corrected chi connectivity index (χ4v) is 4.73. The van der Waals surface area contributed by atoms with Crippen molar-refractivity contribution in [3.05, 3.63) is 98.5 Å². The van der Waals surface area contributed by atoms with Crippen molar-refractivity contribution in [2.75, 3.05) is 10.2 Å². The van der Waals surface area contributed by atoms with Crippen LogP contribution in [0.1, 0.15) is 30.9 Å². The fourth-order valence-electron chi connectivity index (χ4n) is 3.42. The van der Waals surface area contributed by atoms with Crippen LogP contribution >= 0.6 is 35.0 Å². The SMILES string of the molecule is Cc1ccc(SC2=C(Nc3ccc(C(C)C)cc3)C(=O)N(c3cccc(Cl)c3Cl)C2=O)cc1. The molecule has 168 valence electrons. The highest BCUT2D eigenvalue weighted by Gasteiger charge is 2.41. The number of imide groups is 1. The van der Waals surface area contributed by atoms with Crippen molar-refractivity contribution >= 4 is 58.2 Å². The largest absolute Gasteiger partial charge is 0.350 e. The van der Waals surface area contributed by atoms with Crippen molar-refractivity contribution in [3.8, 4) is 0 Å². The second kappa shape index (κ2) is 9.64. The van der Waals surface area contributed by atoms with Crippen LogP contribution in [0.2, 0.25) is 10.0 Å². The van der Waals surface area contributed by atoms with E-state index >= 15 is 0 Å². The Hall–Kier alpha value is -2.73. The minimum atomic E-state index is -0.480. The molecule has 4 nitrogen and oxygen atoms in total. The van der Waals surface area contributed by atoms with Gasteiger partial charge in [0.15, 0.2) is 0 Å². The summed E-state index contributed by atoms with van der Waals surface area (Å²) in [6.07, 6.45) is 0. The van der Waals surface area contributed by atoms with Crippen molar-refractivity contribution in [1.29, 1.82) is 0 Å². The zero-order chi connectivity index (χ0) is 23.7. The minimum absolute atomic E-state index is 0.156. The second-order valence-corrected chi connectivity index (χ2v) is 9.91. The van der Waals surface area contributed by atoms with Gasteiger partial charge in [0.1, 0.15) is 10.6 Å². The lowest BCUT2D eigenvalue weighted by Crippen LogP contribution is -2.32. The van der Waals surface area contributed by atoms with Crippen LogP contribution in [0.4, 0.5) is 11.4 Å². The van der Waals surface area contributed by atoms with Gasteiger partial charge in [-0.2, -0.15) is 0 Å². The highest BCUT2D eigenvalue weighted by atomic mass is 35.5. The lowest BCUT2D eigenvalue weighted by molar-refractivity contribution is -0.120. The second-order valence-electron chi connectivity index (χ2n) is 8.04. The minimum Gasteiger partial charge on any atom is -0.350 e. The van der Waals surface area contributed by atoms with Gasteiger partial charge in [0.25, 0.3) is 11.8 Å². The molecule has 0 radical (unpaired) electrons. The lowest BCUT2D eigenvalue weighted by atomic mass is 10.0. The smallest absolute Gasteiger partial charge is 0.283 e. The Balaban J connectivity index is 1.74. The molecule has 0 fully saturated rings. The molecule has 2 amide bonds. The highest BCUT2D eigenvalue weighted by Crippen LogP contribution is 2.41. The number of amides is 2. The summed E-state index contributed by atoms with van der Waals surface area (Å²) in [5.41, 5.74) is 3.48. The third kappa shape index (κ3) is 4.81. The zero-order valence-electron chi connectivity index (χ0n) is 18.4. The summed E-state index contributed by atoms with van der Waals surface area (Å²) in [7, 11) is 0. The van der Waals surface area contributed by atoms with Gasteiger partial charge in [-0.05, 0) is 54.8 Å². The van der Waals surface area contributed by atoms with Crippen LogP contribution in [-0.2, 0) is 9.59 Å². The zero-order valence-corrected chi connectivity index (χ0v) is 20.7. The Kier molecular flexibility index (Phi) is 6.84. The number of hydrogen-bond acceptors (Lipinski definition) is 4. The van der Waals surface area contributed by atoms with E-state index in [4.69, 9.17) is 23.2 Å². The molecule has 33 heavy (non-hydrogen) atoms. The Labute approximate surface area is 207 Å². The van der Waals surface area contributed by atoms with Crippen LogP contribution in [0.5, 0.6) is 0 Å². The molecule has 3 aromatic carbocycles. The van der Waals surface area contributed by atoms with Gasteiger partial charge in [0.2, 0.25) is 0 Å². The van der Waals surface area contributed by atoms with Gasteiger partial charge in [0, 0.05) is 10.6 Å². The molecule has 0 saturated carbocycles. The van der Waals surface area contributed by atoms with Crippen LogP contribution in [0, 0.1) is 6.92 Å². The number of nitrogens with one attached hydrogen (secondary N) is 1. The summed E-state index contributed by atoms with van der Waals surface area (Å²) in [4.78, 5) is 29.2. The first-order chi connectivity index (χ1) is 15.8. The van der Waals surface area contributed by atoms with Gasteiger partial charge >= 0.3 is 0 Å². The molecule has 1 N–H and O–H groups in total. The van der Waals surface area contributed by atoms with Crippen LogP contribution in [0.3, 0.4) is 0 Å². The number of hydrogen-bond donors (Lipinski definition) is 1. The van der Waals surface area contributed by atoms with Gasteiger partial charge in [-0.15, -0.1) is 0 Å². The third-order valence-corrected chi connectivity index (χ3v) is 7.20. The first-order valence-corrected chi connectivity index (χ1v) is 12.0. The molecule has 0 unspecified atom stereocenters. The van der Waals surface area contributed by atoms with Crippen molar-refractivity contribution in [2.45, 2.75) is 31.6 Å². The third-order valence-electron chi connectivity index (χ3n) is 5.30. The molecular weight excluding hydrogens is 475 g/mol. The average molecular weight is 497 g/mol. The molecule has 0 aliphatic carbocycles. The Morgan fingerprint density at radius 3 is 2.18 bits per heavy atom. The van der Waals surface area contributed by atoms with Gasteiger partial charge < -0.3 is 5.32 Å². The average Bonchev–Trinajstić information content (AvgIpc) is 3.01. The molecule has 0 aromatic heterocycles. The van der Waals surface area contributed by atoms with Crippen molar-refractivity contribution in [2.24, 2.45) is 0 Å². The van der Waals surface area contributed by atoms with Gasteiger partial charge in [-0.25, -0.2) is 4.90 Å². The summed E-state index contributed by atoms with van der Waals surface area (Å²) in [5.74, 6) is -0.538. The first-order valence-electron chi connectivity index (χ1n) is 10.4. The normalized spacial score (nSPS) is 13.9. The maximum atomic E-state index is 13.5.